The highest BCUT2D eigenvalue weighted by atomic mass is 16.7. The molecular formula is C21H16N4O3. The van der Waals surface area contributed by atoms with Gasteiger partial charge in [0.05, 0.1) is 17.2 Å². The number of fused-ring (bicyclic) bond motifs is 1. The van der Waals surface area contributed by atoms with Crippen molar-refractivity contribution in [1.82, 2.24) is 10.3 Å². The highest BCUT2D eigenvalue weighted by Crippen LogP contribution is 2.32. The van der Waals surface area contributed by atoms with Crippen molar-refractivity contribution >= 4 is 17.4 Å². The van der Waals surface area contributed by atoms with Gasteiger partial charge in [-0.2, -0.15) is 5.26 Å². The van der Waals surface area contributed by atoms with E-state index in [2.05, 4.69) is 21.7 Å². The second-order valence-corrected chi connectivity index (χ2v) is 6.12. The maximum atomic E-state index is 12.3. The van der Waals surface area contributed by atoms with Gasteiger partial charge in [0.1, 0.15) is 5.82 Å². The second kappa shape index (κ2) is 7.68. The molecule has 0 unspecified atom stereocenters. The summed E-state index contributed by atoms with van der Waals surface area (Å²) in [7, 11) is 0. The van der Waals surface area contributed by atoms with Crippen LogP contribution in [-0.2, 0) is 6.54 Å². The Morgan fingerprint density at radius 1 is 1.11 bits per heavy atom. The average Bonchev–Trinajstić information content (AvgIpc) is 3.20. The molecule has 1 aliphatic rings. The molecule has 7 nitrogen and oxygen atoms in total. The Hall–Kier alpha value is -4.05. The van der Waals surface area contributed by atoms with Gasteiger partial charge in [-0.25, -0.2) is 4.98 Å². The molecule has 1 aromatic heterocycles. The predicted molar refractivity (Wildman–Crippen MR) is 102 cm³/mol. The summed E-state index contributed by atoms with van der Waals surface area (Å²) in [5.41, 5.74) is 2.69. The molecule has 0 saturated heterocycles. The highest BCUT2D eigenvalue weighted by Gasteiger charge is 2.13. The monoisotopic (exact) mass is 372 g/mol. The Morgan fingerprint density at radius 2 is 2.00 bits per heavy atom. The second-order valence-electron chi connectivity index (χ2n) is 6.12. The molecule has 0 atom stereocenters. The number of rotatable bonds is 5. The zero-order valence-electron chi connectivity index (χ0n) is 14.8. The number of carbonyl (C=O) groups is 1. The van der Waals surface area contributed by atoms with E-state index in [1.807, 2.05) is 24.3 Å². The summed E-state index contributed by atoms with van der Waals surface area (Å²) in [6, 6.07) is 18.2. The number of carbonyl (C=O) groups excluding carboxylic acids is 1. The largest absolute Gasteiger partial charge is 0.454 e. The van der Waals surface area contributed by atoms with Crippen molar-refractivity contribution in [2.24, 2.45) is 0 Å². The van der Waals surface area contributed by atoms with Gasteiger partial charge in [0.25, 0.3) is 5.91 Å². The van der Waals surface area contributed by atoms with E-state index in [1.165, 1.54) is 6.20 Å². The van der Waals surface area contributed by atoms with Gasteiger partial charge >= 0.3 is 0 Å². The Labute approximate surface area is 161 Å². The third-order valence-electron chi connectivity index (χ3n) is 4.18. The van der Waals surface area contributed by atoms with Gasteiger partial charge in [-0.1, -0.05) is 12.1 Å². The van der Waals surface area contributed by atoms with Crippen molar-refractivity contribution in [3.8, 4) is 17.6 Å². The zero-order chi connectivity index (χ0) is 19.3. The first kappa shape index (κ1) is 17.4. The Balaban J connectivity index is 1.36. The quantitative estimate of drug-likeness (QED) is 0.713. The molecule has 7 heteroatoms. The number of hydrogen-bond donors (Lipinski definition) is 2. The molecule has 0 saturated carbocycles. The normalized spacial score (nSPS) is 11.5. The number of nitriles is 1. The highest BCUT2D eigenvalue weighted by molar-refractivity contribution is 5.94. The maximum absolute atomic E-state index is 12.3. The number of hydrogen-bond acceptors (Lipinski definition) is 6. The number of pyridine rings is 1. The molecule has 2 aromatic carbocycles. The lowest BCUT2D eigenvalue weighted by atomic mass is 10.2. The van der Waals surface area contributed by atoms with Crippen LogP contribution in [0.25, 0.3) is 0 Å². The van der Waals surface area contributed by atoms with Crippen LogP contribution in [0.1, 0.15) is 21.5 Å². The van der Waals surface area contributed by atoms with Crippen LogP contribution in [-0.4, -0.2) is 17.7 Å². The van der Waals surface area contributed by atoms with Gasteiger partial charge in [-0.15, -0.1) is 0 Å². The minimum absolute atomic E-state index is 0.219. The fourth-order valence-corrected chi connectivity index (χ4v) is 2.75. The molecule has 4 rings (SSSR count). The molecule has 28 heavy (non-hydrogen) atoms. The first-order chi connectivity index (χ1) is 13.7. The van der Waals surface area contributed by atoms with Crippen LogP contribution in [0.2, 0.25) is 0 Å². The van der Waals surface area contributed by atoms with E-state index in [-0.39, 0.29) is 12.7 Å². The molecule has 138 valence electrons. The van der Waals surface area contributed by atoms with Crippen LogP contribution in [0.4, 0.5) is 11.5 Å². The van der Waals surface area contributed by atoms with Crippen molar-refractivity contribution in [2.75, 3.05) is 12.1 Å². The van der Waals surface area contributed by atoms with Crippen LogP contribution in [0.15, 0.2) is 60.8 Å². The first-order valence-electron chi connectivity index (χ1n) is 8.61. The predicted octanol–water partition coefficient (Wildman–Crippen LogP) is 3.36. The zero-order valence-corrected chi connectivity index (χ0v) is 14.8. The van der Waals surface area contributed by atoms with Crippen molar-refractivity contribution in [2.45, 2.75) is 6.54 Å². The van der Waals surface area contributed by atoms with E-state index < -0.39 is 0 Å². The summed E-state index contributed by atoms with van der Waals surface area (Å²) < 4.78 is 10.6. The number of benzene rings is 2. The molecule has 2 N–H and O–H groups in total. The molecule has 0 fully saturated rings. The first-order valence-corrected chi connectivity index (χ1v) is 8.61. The van der Waals surface area contributed by atoms with E-state index >= 15 is 0 Å². The lowest BCUT2D eigenvalue weighted by Crippen LogP contribution is -2.22. The molecule has 0 radical (unpaired) electrons. The van der Waals surface area contributed by atoms with Gasteiger partial charge < -0.3 is 20.1 Å². The number of ether oxygens (including phenoxy) is 2. The van der Waals surface area contributed by atoms with E-state index in [0.29, 0.717) is 35.0 Å². The molecule has 1 amide bonds. The third-order valence-corrected chi connectivity index (χ3v) is 4.18. The summed E-state index contributed by atoms with van der Waals surface area (Å²) in [6.45, 7) is 0.592. The van der Waals surface area contributed by atoms with Gasteiger partial charge in [0.2, 0.25) is 6.79 Å². The number of nitrogens with zero attached hydrogens (tertiary/aromatic N) is 2. The van der Waals surface area contributed by atoms with Crippen LogP contribution in [0, 0.1) is 11.3 Å². The summed E-state index contributed by atoms with van der Waals surface area (Å²) in [5.74, 6) is 1.76. The fraction of sp³-hybridized carbons (Fsp3) is 0.0952. The number of anilines is 2. The molecular weight excluding hydrogens is 356 g/mol. The third kappa shape index (κ3) is 3.86. The summed E-state index contributed by atoms with van der Waals surface area (Å²) in [6.07, 6.45) is 1.51. The van der Waals surface area contributed by atoms with Crippen molar-refractivity contribution in [1.29, 1.82) is 5.26 Å². The van der Waals surface area contributed by atoms with Gasteiger partial charge in [0, 0.05) is 18.4 Å². The number of aromatic nitrogens is 1. The lowest BCUT2D eigenvalue weighted by Gasteiger charge is -2.08. The molecule has 0 bridgehead atoms. The van der Waals surface area contributed by atoms with E-state index in [0.717, 1.165) is 11.3 Å². The van der Waals surface area contributed by atoms with E-state index in [4.69, 9.17) is 14.7 Å². The van der Waals surface area contributed by atoms with Crippen molar-refractivity contribution < 1.29 is 14.3 Å². The Kier molecular flexibility index (Phi) is 4.76. The molecule has 0 spiro atoms. The van der Waals surface area contributed by atoms with Gasteiger partial charge in [-0.3, -0.25) is 4.79 Å². The topological polar surface area (TPSA) is 96.3 Å². The SMILES string of the molecule is N#Cc1cccc(Nc2ccc(C(=O)NCc3ccc4c(c3)OCO4)cn2)c1. The summed E-state index contributed by atoms with van der Waals surface area (Å²) in [4.78, 5) is 16.6. The lowest BCUT2D eigenvalue weighted by molar-refractivity contribution is 0.0950. The van der Waals surface area contributed by atoms with E-state index in [1.54, 1.807) is 30.3 Å². The minimum Gasteiger partial charge on any atom is -0.454 e. The smallest absolute Gasteiger partial charge is 0.253 e. The Bertz CT molecular complexity index is 1060. The molecule has 2 heterocycles. The molecule has 0 aliphatic carbocycles. The number of nitrogens with one attached hydrogen (secondary N) is 2. The van der Waals surface area contributed by atoms with Crippen LogP contribution in [0.5, 0.6) is 11.5 Å². The van der Waals surface area contributed by atoms with Crippen molar-refractivity contribution in [3.05, 3.63) is 77.5 Å². The van der Waals surface area contributed by atoms with E-state index in [9.17, 15) is 4.79 Å². The minimum atomic E-state index is -0.219. The van der Waals surface area contributed by atoms with Gasteiger partial charge in [-0.05, 0) is 48.0 Å². The fourth-order valence-electron chi connectivity index (χ4n) is 2.75. The summed E-state index contributed by atoms with van der Waals surface area (Å²) in [5, 5.41) is 14.9. The van der Waals surface area contributed by atoms with Crippen LogP contribution >= 0.6 is 0 Å². The van der Waals surface area contributed by atoms with Crippen LogP contribution < -0.4 is 20.1 Å². The standard InChI is InChI=1S/C21H16N4O3/c22-10-14-2-1-3-17(8-14)25-20-7-5-16(12-23-20)21(26)24-11-15-4-6-18-19(9-15)28-13-27-18/h1-9,12H,11,13H2,(H,23,25)(H,24,26). The number of amides is 1. The molecule has 3 aromatic rings. The van der Waals surface area contributed by atoms with Gasteiger partial charge in [0.15, 0.2) is 11.5 Å². The Morgan fingerprint density at radius 3 is 2.82 bits per heavy atom. The maximum Gasteiger partial charge on any atom is 0.253 e. The van der Waals surface area contributed by atoms with Crippen molar-refractivity contribution in [3.63, 3.8) is 0 Å². The summed E-state index contributed by atoms with van der Waals surface area (Å²) >= 11 is 0. The van der Waals surface area contributed by atoms with Crippen LogP contribution in [0.3, 0.4) is 0 Å². The molecule has 1 aliphatic heterocycles. The average molecular weight is 372 g/mol.